The molecule has 1 aromatic heterocycles. The fourth-order valence-corrected chi connectivity index (χ4v) is 2.66. The number of carbonyl (C=O) groups is 1. The van der Waals surface area contributed by atoms with Crippen LogP contribution in [0, 0.1) is 6.92 Å². The first-order valence-electron chi connectivity index (χ1n) is 7.82. The summed E-state index contributed by atoms with van der Waals surface area (Å²) in [7, 11) is 0. The Morgan fingerprint density at radius 3 is 2.80 bits per heavy atom. The van der Waals surface area contributed by atoms with Gasteiger partial charge in [0.25, 0.3) is 5.91 Å². The van der Waals surface area contributed by atoms with Crippen LogP contribution in [0.5, 0.6) is 11.5 Å². The second-order valence-corrected chi connectivity index (χ2v) is 5.55. The molecule has 3 rings (SSSR count). The van der Waals surface area contributed by atoms with Crippen molar-refractivity contribution in [3.63, 3.8) is 0 Å². The molecule has 1 heterocycles. The Morgan fingerprint density at radius 1 is 1.28 bits per heavy atom. The molecule has 7 heteroatoms. The number of benzene rings is 2. The van der Waals surface area contributed by atoms with E-state index in [4.69, 9.17) is 0 Å². The summed E-state index contributed by atoms with van der Waals surface area (Å²) in [4.78, 5) is 16.7. The Bertz CT molecular complexity index is 976. The molecule has 25 heavy (non-hydrogen) atoms. The molecule has 0 atom stereocenters. The van der Waals surface area contributed by atoms with Crippen molar-refractivity contribution in [2.24, 2.45) is 5.10 Å². The lowest BCUT2D eigenvalue weighted by Crippen LogP contribution is -2.17. The molecule has 0 saturated carbocycles. The monoisotopic (exact) mass is 338 g/mol. The van der Waals surface area contributed by atoms with Crippen molar-refractivity contribution in [3.8, 4) is 11.5 Å². The average molecular weight is 338 g/mol. The van der Waals surface area contributed by atoms with Crippen molar-refractivity contribution in [3.05, 3.63) is 53.3 Å². The van der Waals surface area contributed by atoms with Crippen molar-refractivity contribution in [2.75, 3.05) is 0 Å². The highest BCUT2D eigenvalue weighted by Gasteiger charge is 2.10. The number of imidazole rings is 1. The number of hydrogen-bond donors (Lipinski definition) is 3. The molecule has 2 aromatic carbocycles. The smallest absolute Gasteiger partial charge is 0.271 e. The van der Waals surface area contributed by atoms with Gasteiger partial charge in [-0.15, -0.1) is 0 Å². The van der Waals surface area contributed by atoms with Gasteiger partial charge in [-0.3, -0.25) is 4.79 Å². The minimum Gasteiger partial charge on any atom is -0.508 e. The van der Waals surface area contributed by atoms with Crippen molar-refractivity contribution in [1.29, 1.82) is 0 Å². The summed E-state index contributed by atoms with van der Waals surface area (Å²) in [5, 5.41) is 22.7. The third-order valence-electron chi connectivity index (χ3n) is 3.90. The van der Waals surface area contributed by atoms with Crippen LogP contribution in [0.15, 0.2) is 41.5 Å². The summed E-state index contributed by atoms with van der Waals surface area (Å²) in [5.41, 5.74) is 4.97. The average Bonchev–Trinajstić information content (AvgIpc) is 2.90. The molecule has 128 valence electrons. The van der Waals surface area contributed by atoms with Gasteiger partial charge in [0, 0.05) is 23.7 Å². The number of nitrogens with one attached hydrogen (secondary N) is 1. The molecule has 0 aliphatic carbocycles. The van der Waals surface area contributed by atoms with E-state index < -0.39 is 0 Å². The number of fused-ring (bicyclic) bond motifs is 1. The van der Waals surface area contributed by atoms with Crippen molar-refractivity contribution in [2.45, 2.75) is 20.4 Å². The van der Waals surface area contributed by atoms with E-state index in [0.717, 1.165) is 23.4 Å². The lowest BCUT2D eigenvalue weighted by molar-refractivity contribution is 0.0955. The van der Waals surface area contributed by atoms with E-state index in [1.807, 2.05) is 19.9 Å². The van der Waals surface area contributed by atoms with Crippen LogP contribution in [0.25, 0.3) is 11.0 Å². The largest absolute Gasteiger partial charge is 0.508 e. The number of nitrogens with zero attached hydrogens (tertiary/aromatic N) is 3. The first-order valence-corrected chi connectivity index (χ1v) is 7.82. The van der Waals surface area contributed by atoms with E-state index in [0.29, 0.717) is 11.1 Å². The maximum Gasteiger partial charge on any atom is 0.271 e. The molecule has 0 spiro atoms. The normalized spacial score (nSPS) is 11.3. The van der Waals surface area contributed by atoms with Gasteiger partial charge in [0.1, 0.15) is 17.3 Å². The molecule has 0 radical (unpaired) electrons. The first kappa shape index (κ1) is 16.5. The molecule has 1 amide bonds. The van der Waals surface area contributed by atoms with E-state index in [9.17, 15) is 15.0 Å². The molecule has 0 aliphatic rings. The minimum atomic E-state index is -0.375. The van der Waals surface area contributed by atoms with Gasteiger partial charge >= 0.3 is 0 Å². The Balaban J connectivity index is 1.77. The van der Waals surface area contributed by atoms with Gasteiger partial charge < -0.3 is 14.8 Å². The fraction of sp³-hybridized carbons (Fsp3) is 0.167. The standard InChI is InChI=1S/C18H18N4O3/c1-3-22-11(2)20-15-8-12(5-7-16(15)22)18(25)21-19-10-13-4-6-14(23)9-17(13)24/h4-10,23-24H,3H2,1-2H3,(H,21,25). The molecule has 7 nitrogen and oxygen atoms in total. The summed E-state index contributed by atoms with van der Waals surface area (Å²) in [6.07, 6.45) is 1.31. The summed E-state index contributed by atoms with van der Waals surface area (Å²) >= 11 is 0. The van der Waals surface area contributed by atoms with E-state index >= 15 is 0 Å². The van der Waals surface area contributed by atoms with Gasteiger partial charge in [-0.1, -0.05) is 0 Å². The Hall–Kier alpha value is -3.35. The van der Waals surface area contributed by atoms with Crippen molar-refractivity contribution in [1.82, 2.24) is 15.0 Å². The number of phenolic OH excluding ortho intramolecular Hbond substituents is 2. The lowest BCUT2D eigenvalue weighted by atomic mass is 10.2. The fourth-order valence-electron chi connectivity index (χ4n) is 2.66. The highest BCUT2D eigenvalue weighted by molar-refractivity contribution is 5.98. The zero-order valence-corrected chi connectivity index (χ0v) is 13.9. The van der Waals surface area contributed by atoms with Crippen LogP contribution in [-0.4, -0.2) is 31.9 Å². The molecule has 0 unspecified atom stereocenters. The van der Waals surface area contributed by atoms with Crippen LogP contribution in [0.4, 0.5) is 0 Å². The molecule has 3 N–H and O–H groups in total. The van der Waals surface area contributed by atoms with Crippen molar-refractivity contribution >= 4 is 23.2 Å². The van der Waals surface area contributed by atoms with E-state index in [1.165, 1.54) is 24.4 Å². The molecule has 3 aromatic rings. The van der Waals surface area contributed by atoms with Crippen LogP contribution in [0.3, 0.4) is 0 Å². The van der Waals surface area contributed by atoms with Crippen LogP contribution >= 0.6 is 0 Å². The maximum absolute atomic E-state index is 12.2. The van der Waals surface area contributed by atoms with Crippen LogP contribution < -0.4 is 5.43 Å². The number of aromatic nitrogens is 2. The Kier molecular flexibility index (Phi) is 4.38. The van der Waals surface area contributed by atoms with Gasteiger partial charge in [-0.2, -0.15) is 5.10 Å². The second kappa shape index (κ2) is 6.64. The topological polar surface area (TPSA) is 99.7 Å². The predicted molar refractivity (Wildman–Crippen MR) is 95.0 cm³/mol. The maximum atomic E-state index is 12.2. The molecular formula is C18H18N4O3. The number of hydrogen-bond acceptors (Lipinski definition) is 5. The van der Waals surface area contributed by atoms with E-state index in [-0.39, 0.29) is 17.4 Å². The number of hydrazone groups is 1. The third kappa shape index (κ3) is 3.30. The zero-order chi connectivity index (χ0) is 18.0. The molecular weight excluding hydrogens is 320 g/mol. The highest BCUT2D eigenvalue weighted by atomic mass is 16.3. The molecule has 0 aliphatic heterocycles. The summed E-state index contributed by atoms with van der Waals surface area (Å²) in [6, 6.07) is 9.42. The minimum absolute atomic E-state index is 0.0474. The second-order valence-electron chi connectivity index (χ2n) is 5.55. The SMILES string of the molecule is CCn1c(C)nc2cc(C(=O)NN=Cc3ccc(O)cc3O)ccc21. The van der Waals surface area contributed by atoms with E-state index in [1.54, 1.807) is 12.1 Å². The van der Waals surface area contributed by atoms with Crippen LogP contribution in [-0.2, 0) is 6.54 Å². The van der Waals surface area contributed by atoms with Gasteiger partial charge in [-0.05, 0) is 44.2 Å². The van der Waals surface area contributed by atoms with Crippen molar-refractivity contribution < 1.29 is 15.0 Å². The van der Waals surface area contributed by atoms with Gasteiger partial charge in [0.05, 0.1) is 17.2 Å². The van der Waals surface area contributed by atoms with Gasteiger partial charge in [-0.25, -0.2) is 10.4 Å². The number of aryl methyl sites for hydroxylation is 2. The Labute approximate surface area is 144 Å². The quantitative estimate of drug-likeness (QED) is 0.503. The Morgan fingerprint density at radius 2 is 2.08 bits per heavy atom. The van der Waals surface area contributed by atoms with Crippen LogP contribution in [0.1, 0.15) is 28.7 Å². The predicted octanol–water partition coefficient (Wildman–Crippen LogP) is 2.54. The number of carbonyl (C=O) groups excluding carboxylic acids is 1. The first-order chi connectivity index (χ1) is 12.0. The highest BCUT2D eigenvalue weighted by Crippen LogP contribution is 2.21. The van der Waals surface area contributed by atoms with Gasteiger partial charge in [0.2, 0.25) is 0 Å². The third-order valence-corrected chi connectivity index (χ3v) is 3.90. The van der Waals surface area contributed by atoms with E-state index in [2.05, 4.69) is 20.1 Å². The number of rotatable bonds is 4. The van der Waals surface area contributed by atoms with Crippen LogP contribution in [0.2, 0.25) is 0 Å². The zero-order valence-electron chi connectivity index (χ0n) is 13.9. The summed E-state index contributed by atoms with van der Waals surface area (Å²) in [6.45, 7) is 4.79. The molecule has 0 bridgehead atoms. The number of amides is 1. The summed E-state index contributed by atoms with van der Waals surface area (Å²) in [5.74, 6) is 0.352. The summed E-state index contributed by atoms with van der Waals surface area (Å²) < 4.78 is 2.07. The number of phenols is 2. The van der Waals surface area contributed by atoms with Gasteiger partial charge in [0.15, 0.2) is 0 Å². The molecule has 0 saturated heterocycles. The number of aromatic hydroxyl groups is 2. The molecule has 0 fully saturated rings. The lowest BCUT2D eigenvalue weighted by Gasteiger charge is -2.03.